The highest BCUT2D eigenvalue weighted by Crippen LogP contribution is 2.13. The normalized spacial score (nSPS) is 13.4. The molecule has 4 heteroatoms. The number of aliphatic hydroxyl groups excluding tert-OH is 2. The Hall–Kier alpha value is -0.870. The Labute approximate surface area is 218 Å². The van der Waals surface area contributed by atoms with E-state index in [1.54, 1.807) is 6.08 Å². The number of hydrogen-bond acceptors (Lipinski definition) is 3. The molecule has 3 N–H and O–H groups in total. The number of rotatable bonds is 27. The number of nitrogens with one attached hydrogen (secondary N) is 1. The van der Waals surface area contributed by atoms with Crippen LogP contribution in [0.2, 0.25) is 0 Å². The van der Waals surface area contributed by atoms with Gasteiger partial charge in [0.25, 0.3) is 0 Å². The quantitative estimate of drug-likeness (QED) is 0.0791. The maximum Gasteiger partial charge on any atom is 0.220 e. The third-order valence-corrected chi connectivity index (χ3v) is 7.02. The minimum Gasteiger partial charge on any atom is -0.394 e. The van der Waals surface area contributed by atoms with Crippen molar-refractivity contribution >= 4 is 5.91 Å². The predicted octanol–water partition coefficient (Wildman–Crippen LogP) is 8.39. The van der Waals surface area contributed by atoms with Crippen LogP contribution in [0.5, 0.6) is 0 Å². The van der Waals surface area contributed by atoms with Gasteiger partial charge >= 0.3 is 0 Å². The van der Waals surface area contributed by atoms with E-state index in [4.69, 9.17) is 0 Å². The van der Waals surface area contributed by atoms with E-state index in [1.807, 2.05) is 6.08 Å². The second kappa shape index (κ2) is 27.7. The predicted molar refractivity (Wildman–Crippen MR) is 152 cm³/mol. The molecule has 0 spiro atoms. The number of amides is 1. The van der Waals surface area contributed by atoms with Gasteiger partial charge in [0.05, 0.1) is 18.8 Å². The minimum atomic E-state index is -0.829. The first kappa shape index (κ1) is 34.1. The molecular weight excluding hydrogens is 434 g/mol. The van der Waals surface area contributed by atoms with E-state index in [1.165, 1.54) is 116 Å². The molecule has 0 saturated carbocycles. The number of carbonyl (C=O) groups excluding carboxylic acids is 1. The number of carbonyl (C=O) groups is 1. The third-order valence-electron chi connectivity index (χ3n) is 7.02. The average Bonchev–Trinajstić information content (AvgIpc) is 2.86. The van der Waals surface area contributed by atoms with E-state index in [0.717, 1.165) is 25.7 Å². The van der Waals surface area contributed by atoms with Crippen LogP contribution in [-0.4, -0.2) is 34.9 Å². The van der Waals surface area contributed by atoms with Gasteiger partial charge in [-0.1, -0.05) is 148 Å². The molecule has 0 aromatic heterocycles. The Bertz CT molecular complexity index is 466. The molecule has 2 atom stereocenters. The van der Waals surface area contributed by atoms with Gasteiger partial charge in [0.15, 0.2) is 0 Å². The van der Waals surface area contributed by atoms with Gasteiger partial charge in [-0.3, -0.25) is 4.79 Å². The summed E-state index contributed by atoms with van der Waals surface area (Å²) in [5, 5.41) is 22.7. The van der Waals surface area contributed by atoms with Gasteiger partial charge < -0.3 is 15.5 Å². The van der Waals surface area contributed by atoms with Gasteiger partial charge in [0, 0.05) is 6.42 Å². The molecule has 0 bridgehead atoms. The Morgan fingerprint density at radius 2 is 1.06 bits per heavy atom. The summed E-state index contributed by atoms with van der Waals surface area (Å²) < 4.78 is 0. The lowest BCUT2D eigenvalue weighted by Crippen LogP contribution is -2.45. The van der Waals surface area contributed by atoms with E-state index >= 15 is 0 Å². The first-order valence-corrected chi connectivity index (χ1v) is 15.4. The van der Waals surface area contributed by atoms with Gasteiger partial charge in [-0.05, 0) is 19.3 Å². The highest BCUT2D eigenvalue weighted by Gasteiger charge is 2.17. The summed E-state index contributed by atoms with van der Waals surface area (Å²) in [4.78, 5) is 12.2. The molecule has 0 radical (unpaired) electrons. The summed E-state index contributed by atoms with van der Waals surface area (Å²) in [7, 11) is 0. The second-order valence-corrected chi connectivity index (χ2v) is 10.5. The number of hydrogen-bond donors (Lipinski definition) is 3. The van der Waals surface area contributed by atoms with Gasteiger partial charge in [-0.25, -0.2) is 0 Å². The summed E-state index contributed by atoms with van der Waals surface area (Å²) in [5.74, 6) is -0.0671. The second-order valence-electron chi connectivity index (χ2n) is 10.5. The summed E-state index contributed by atoms with van der Waals surface area (Å²) in [5.41, 5.74) is 0. The molecule has 35 heavy (non-hydrogen) atoms. The van der Waals surface area contributed by atoms with Crippen LogP contribution >= 0.6 is 0 Å². The molecule has 208 valence electrons. The summed E-state index contributed by atoms with van der Waals surface area (Å²) >= 11 is 0. The van der Waals surface area contributed by atoms with Crippen LogP contribution in [0.4, 0.5) is 0 Å². The van der Waals surface area contributed by atoms with Crippen molar-refractivity contribution in [3.05, 3.63) is 12.2 Å². The largest absolute Gasteiger partial charge is 0.394 e. The van der Waals surface area contributed by atoms with Gasteiger partial charge in [0.2, 0.25) is 5.91 Å². The monoisotopic (exact) mass is 495 g/mol. The maximum absolute atomic E-state index is 12.2. The van der Waals surface area contributed by atoms with Crippen molar-refractivity contribution in [2.45, 2.75) is 174 Å². The van der Waals surface area contributed by atoms with Crippen molar-refractivity contribution in [2.75, 3.05) is 6.61 Å². The van der Waals surface area contributed by atoms with Crippen molar-refractivity contribution in [3.8, 4) is 0 Å². The molecule has 0 aromatic carbocycles. The van der Waals surface area contributed by atoms with E-state index < -0.39 is 12.1 Å². The van der Waals surface area contributed by atoms with E-state index in [0.29, 0.717) is 6.42 Å². The summed E-state index contributed by atoms with van der Waals surface area (Å²) in [6.07, 6.45) is 31.4. The average molecular weight is 496 g/mol. The zero-order chi connectivity index (χ0) is 25.8. The topological polar surface area (TPSA) is 69.6 Å². The van der Waals surface area contributed by atoms with Crippen LogP contribution in [0.1, 0.15) is 162 Å². The molecule has 0 heterocycles. The smallest absolute Gasteiger partial charge is 0.220 e. The van der Waals surface area contributed by atoms with Crippen LogP contribution in [-0.2, 0) is 4.79 Å². The number of aliphatic hydroxyl groups is 2. The molecule has 0 aliphatic carbocycles. The number of allylic oxidation sites excluding steroid dienone is 1. The highest BCUT2D eigenvalue weighted by atomic mass is 16.3. The summed E-state index contributed by atoms with van der Waals surface area (Å²) in [6.45, 7) is 4.26. The Morgan fingerprint density at radius 3 is 1.49 bits per heavy atom. The van der Waals surface area contributed by atoms with Crippen molar-refractivity contribution in [1.82, 2.24) is 5.32 Å². The fourth-order valence-corrected chi connectivity index (χ4v) is 4.59. The van der Waals surface area contributed by atoms with Crippen molar-refractivity contribution < 1.29 is 15.0 Å². The lowest BCUT2D eigenvalue weighted by Gasteiger charge is -2.20. The molecule has 0 unspecified atom stereocenters. The zero-order valence-corrected chi connectivity index (χ0v) is 23.6. The Morgan fingerprint density at radius 1 is 0.657 bits per heavy atom. The molecule has 0 fully saturated rings. The fourth-order valence-electron chi connectivity index (χ4n) is 4.59. The molecule has 1 amide bonds. The molecule has 0 saturated heterocycles. The minimum absolute atomic E-state index is 0.0671. The standard InChI is InChI=1S/C31H61NO3/c1-3-5-7-9-11-13-14-15-16-17-19-21-23-25-27-31(35)32-29(28-33)30(34)26-24-22-20-18-12-10-8-6-4-2/h24,26,29-30,33-34H,3-23,25,27-28H2,1-2H3,(H,32,35)/b26-24+/t29-,30+/m0/s1. The Balaban J connectivity index is 3.63. The molecule has 0 rings (SSSR count). The lowest BCUT2D eigenvalue weighted by atomic mass is 10.0. The fraction of sp³-hybridized carbons (Fsp3) is 0.903. The van der Waals surface area contributed by atoms with Crippen LogP contribution in [0.15, 0.2) is 12.2 Å². The van der Waals surface area contributed by atoms with Gasteiger partial charge in [-0.2, -0.15) is 0 Å². The first-order valence-electron chi connectivity index (χ1n) is 15.4. The van der Waals surface area contributed by atoms with Gasteiger partial charge in [-0.15, -0.1) is 0 Å². The van der Waals surface area contributed by atoms with E-state index in [-0.39, 0.29) is 12.5 Å². The van der Waals surface area contributed by atoms with Crippen LogP contribution in [0, 0.1) is 0 Å². The highest BCUT2D eigenvalue weighted by molar-refractivity contribution is 5.76. The maximum atomic E-state index is 12.2. The molecule has 0 aliphatic rings. The van der Waals surface area contributed by atoms with Crippen LogP contribution in [0.3, 0.4) is 0 Å². The molecule has 0 aromatic rings. The molecule has 0 aliphatic heterocycles. The van der Waals surface area contributed by atoms with E-state index in [2.05, 4.69) is 19.2 Å². The molecular formula is C31H61NO3. The SMILES string of the molecule is CCCCCCCCC/C=C/[C@@H](O)[C@H](CO)NC(=O)CCCCCCCCCCCCCCCC. The van der Waals surface area contributed by atoms with Crippen molar-refractivity contribution in [2.24, 2.45) is 0 Å². The molecule has 4 nitrogen and oxygen atoms in total. The van der Waals surface area contributed by atoms with Crippen molar-refractivity contribution in [1.29, 1.82) is 0 Å². The van der Waals surface area contributed by atoms with Gasteiger partial charge in [0.1, 0.15) is 0 Å². The number of unbranched alkanes of at least 4 members (excludes halogenated alkanes) is 20. The zero-order valence-electron chi connectivity index (χ0n) is 23.6. The van der Waals surface area contributed by atoms with Crippen molar-refractivity contribution in [3.63, 3.8) is 0 Å². The van der Waals surface area contributed by atoms with Crippen LogP contribution < -0.4 is 5.32 Å². The lowest BCUT2D eigenvalue weighted by molar-refractivity contribution is -0.123. The Kier molecular flexibility index (Phi) is 27.0. The van der Waals surface area contributed by atoms with E-state index in [9.17, 15) is 15.0 Å². The third kappa shape index (κ3) is 24.6. The van der Waals surface area contributed by atoms with Crippen LogP contribution in [0.25, 0.3) is 0 Å². The first-order chi connectivity index (χ1) is 17.2. The summed E-state index contributed by atoms with van der Waals surface area (Å²) in [6, 6.07) is -0.612.